The zero-order valence-electron chi connectivity index (χ0n) is 7.97. The van der Waals surface area contributed by atoms with Crippen molar-refractivity contribution in [2.24, 2.45) is 0 Å². The van der Waals surface area contributed by atoms with Gasteiger partial charge in [-0.1, -0.05) is 0 Å². The first-order chi connectivity index (χ1) is 7.27. The fourth-order valence-corrected chi connectivity index (χ4v) is 1.77. The SMILES string of the molecule is Cc1ncsc1C(=O)Nc1ccnnc1. The van der Waals surface area contributed by atoms with Crippen molar-refractivity contribution in [3.8, 4) is 0 Å². The summed E-state index contributed by atoms with van der Waals surface area (Å²) in [6.45, 7) is 1.80. The summed E-state index contributed by atoms with van der Waals surface area (Å²) in [6.07, 6.45) is 3.02. The first kappa shape index (κ1) is 9.72. The van der Waals surface area contributed by atoms with E-state index >= 15 is 0 Å². The van der Waals surface area contributed by atoms with Gasteiger partial charge in [0.2, 0.25) is 0 Å². The van der Waals surface area contributed by atoms with Crippen molar-refractivity contribution >= 4 is 22.9 Å². The van der Waals surface area contributed by atoms with E-state index in [1.165, 1.54) is 23.7 Å². The fraction of sp³-hybridized carbons (Fsp3) is 0.111. The van der Waals surface area contributed by atoms with Crippen molar-refractivity contribution in [3.05, 3.63) is 34.5 Å². The number of hydrogen-bond donors (Lipinski definition) is 1. The third kappa shape index (κ3) is 2.16. The number of nitrogens with zero attached hydrogens (tertiary/aromatic N) is 3. The maximum absolute atomic E-state index is 11.7. The molecule has 0 bridgehead atoms. The largest absolute Gasteiger partial charge is 0.320 e. The number of carbonyl (C=O) groups is 1. The minimum absolute atomic E-state index is 0.164. The van der Waals surface area contributed by atoms with Crippen molar-refractivity contribution in [1.82, 2.24) is 15.2 Å². The van der Waals surface area contributed by atoms with Gasteiger partial charge in [0.1, 0.15) is 4.88 Å². The van der Waals surface area contributed by atoms with E-state index in [1.54, 1.807) is 18.5 Å². The van der Waals surface area contributed by atoms with Crippen LogP contribution in [0.5, 0.6) is 0 Å². The molecule has 0 unspecified atom stereocenters. The Morgan fingerprint density at radius 2 is 2.33 bits per heavy atom. The lowest BCUT2D eigenvalue weighted by Gasteiger charge is -2.01. The third-order valence-electron chi connectivity index (χ3n) is 1.79. The summed E-state index contributed by atoms with van der Waals surface area (Å²) >= 11 is 1.32. The highest BCUT2D eigenvalue weighted by Crippen LogP contribution is 2.14. The molecule has 15 heavy (non-hydrogen) atoms. The van der Waals surface area contributed by atoms with Crippen LogP contribution in [0.1, 0.15) is 15.4 Å². The van der Waals surface area contributed by atoms with Gasteiger partial charge in [-0.05, 0) is 13.0 Å². The van der Waals surface area contributed by atoms with Crippen LogP contribution in [-0.2, 0) is 0 Å². The number of rotatable bonds is 2. The molecule has 0 radical (unpaired) electrons. The van der Waals surface area contributed by atoms with Gasteiger partial charge in [-0.2, -0.15) is 10.2 Å². The first-order valence-electron chi connectivity index (χ1n) is 4.25. The molecule has 0 aliphatic rings. The van der Waals surface area contributed by atoms with Crippen LogP contribution in [0.15, 0.2) is 24.0 Å². The van der Waals surface area contributed by atoms with Gasteiger partial charge in [-0.15, -0.1) is 11.3 Å². The molecule has 2 aromatic heterocycles. The van der Waals surface area contributed by atoms with Crippen molar-refractivity contribution in [2.45, 2.75) is 6.92 Å². The van der Waals surface area contributed by atoms with E-state index in [2.05, 4.69) is 20.5 Å². The minimum Gasteiger partial charge on any atom is -0.320 e. The van der Waals surface area contributed by atoms with Crippen LogP contribution < -0.4 is 5.32 Å². The molecule has 2 rings (SSSR count). The highest BCUT2D eigenvalue weighted by Gasteiger charge is 2.11. The lowest BCUT2D eigenvalue weighted by atomic mass is 10.3. The molecule has 0 saturated carbocycles. The molecule has 5 nitrogen and oxygen atoms in total. The van der Waals surface area contributed by atoms with Crippen molar-refractivity contribution in [1.29, 1.82) is 0 Å². The first-order valence-corrected chi connectivity index (χ1v) is 5.13. The smallest absolute Gasteiger partial charge is 0.267 e. The van der Waals surface area contributed by atoms with Gasteiger partial charge in [0.15, 0.2) is 0 Å². The number of aryl methyl sites for hydroxylation is 1. The quantitative estimate of drug-likeness (QED) is 0.832. The molecule has 0 aromatic carbocycles. The maximum atomic E-state index is 11.7. The Morgan fingerprint density at radius 1 is 1.47 bits per heavy atom. The van der Waals surface area contributed by atoms with Gasteiger partial charge in [0, 0.05) is 0 Å². The molecule has 76 valence electrons. The summed E-state index contributed by atoms with van der Waals surface area (Å²) in [6, 6.07) is 1.68. The van der Waals surface area contributed by atoms with Crippen LogP contribution in [0.25, 0.3) is 0 Å². The van der Waals surface area contributed by atoms with Gasteiger partial charge in [-0.3, -0.25) is 4.79 Å². The fourth-order valence-electron chi connectivity index (χ4n) is 1.07. The molecule has 6 heteroatoms. The number of amides is 1. The molecule has 2 aromatic rings. The molecular weight excluding hydrogens is 212 g/mol. The van der Waals surface area contributed by atoms with Crippen LogP contribution in [0.3, 0.4) is 0 Å². The number of thiazole rings is 1. The predicted octanol–water partition coefficient (Wildman–Crippen LogP) is 1.49. The topological polar surface area (TPSA) is 67.8 Å². The van der Waals surface area contributed by atoms with E-state index in [9.17, 15) is 4.79 Å². The summed E-state index contributed by atoms with van der Waals surface area (Å²) in [7, 11) is 0. The average Bonchev–Trinajstić information content (AvgIpc) is 2.66. The molecule has 0 fully saturated rings. The third-order valence-corrected chi connectivity index (χ3v) is 2.72. The Balaban J connectivity index is 2.15. The molecule has 2 heterocycles. The summed E-state index contributed by atoms with van der Waals surface area (Å²) in [5.74, 6) is -0.164. The molecule has 0 aliphatic heterocycles. The van der Waals surface area contributed by atoms with E-state index in [0.717, 1.165) is 5.69 Å². The molecule has 0 atom stereocenters. The highest BCUT2D eigenvalue weighted by atomic mass is 32.1. The molecule has 0 aliphatic carbocycles. The van der Waals surface area contributed by atoms with E-state index in [-0.39, 0.29) is 5.91 Å². The second-order valence-corrected chi connectivity index (χ2v) is 3.71. The van der Waals surface area contributed by atoms with Crippen LogP contribution in [0, 0.1) is 6.92 Å². The van der Waals surface area contributed by atoms with Gasteiger partial charge in [-0.25, -0.2) is 4.98 Å². The summed E-state index contributed by atoms with van der Waals surface area (Å²) in [4.78, 5) is 16.3. The molecule has 0 spiro atoms. The normalized spacial score (nSPS) is 9.93. The number of aromatic nitrogens is 3. The predicted molar refractivity (Wildman–Crippen MR) is 56.8 cm³/mol. The number of nitrogens with one attached hydrogen (secondary N) is 1. The average molecular weight is 220 g/mol. The van der Waals surface area contributed by atoms with Crippen LogP contribution >= 0.6 is 11.3 Å². The minimum atomic E-state index is -0.164. The van der Waals surface area contributed by atoms with Gasteiger partial charge in [0.25, 0.3) is 5.91 Å². The Hall–Kier alpha value is -1.82. The van der Waals surface area contributed by atoms with Crippen LogP contribution in [0.4, 0.5) is 5.69 Å². The summed E-state index contributed by atoms with van der Waals surface area (Å²) < 4.78 is 0. The van der Waals surface area contributed by atoms with Crippen molar-refractivity contribution in [2.75, 3.05) is 5.32 Å². The lowest BCUT2D eigenvalue weighted by Crippen LogP contribution is -2.11. The maximum Gasteiger partial charge on any atom is 0.267 e. The van der Waals surface area contributed by atoms with Crippen molar-refractivity contribution < 1.29 is 4.79 Å². The molecular formula is C9H8N4OS. The Kier molecular flexibility index (Phi) is 2.68. The Morgan fingerprint density at radius 3 is 2.93 bits per heavy atom. The Bertz CT molecular complexity index is 468. The second kappa shape index (κ2) is 4.14. The van der Waals surface area contributed by atoms with E-state index in [0.29, 0.717) is 10.6 Å². The summed E-state index contributed by atoms with van der Waals surface area (Å²) in [5, 5.41) is 10.0. The van der Waals surface area contributed by atoms with Gasteiger partial charge < -0.3 is 5.32 Å². The lowest BCUT2D eigenvalue weighted by molar-refractivity contribution is 0.103. The van der Waals surface area contributed by atoms with E-state index in [4.69, 9.17) is 0 Å². The molecule has 0 saturated heterocycles. The van der Waals surface area contributed by atoms with Gasteiger partial charge in [0.05, 0.1) is 29.3 Å². The Labute approximate surface area is 90.2 Å². The summed E-state index contributed by atoms with van der Waals surface area (Å²) in [5.41, 5.74) is 3.01. The van der Waals surface area contributed by atoms with E-state index in [1.807, 2.05) is 0 Å². The molecule has 1 N–H and O–H groups in total. The van der Waals surface area contributed by atoms with Crippen LogP contribution in [0.2, 0.25) is 0 Å². The zero-order valence-corrected chi connectivity index (χ0v) is 8.78. The molecule has 1 amide bonds. The second-order valence-electron chi connectivity index (χ2n) is 2.85. The standard InChI is InChI=1S/C9H8N4OS/c1-6-8(15-5-10-6)9(14)13-7-2-3-11-12-4-7/h2-5H,1H3,(H,11,13,14). The zero-order chi connectivity index (χ0) is 10.7. The highest BCUT2D eigenvalue weighted by molar-refractivity contribution is 7.12. The number of anilines is 1. The number of hydrogen-bond acceptors (Lipinski definition) is 5. The number of carbonyl (C=O) groups excluding carboxylic acids is 1. The van der Waals surface area contributed by atoms with Gasteiger partial charge >= 0.3 is 0 Å². The van der Waals surface area contributed by atoms with Crippen molar-refractivity contribution in [3.63, 3.8) is 0 Å². The van der Waals surface area contributed by atoms with Crippen LogP contribution in [-0.4, -0.2) is 21.1 Å². The monoisotopic (exact) mass is 220 g/mol. The van der Waals surface area contributed by atoms with E-state index < -0.39 is 0 Å².